The van der Waals surface area contributed by atoms with Gasteiger partial charge in [-0.15, -0.1) is 22.7 Å². The third kappa shape index (κ3) is 2.12. The van der Waals surface area contributed by atoms with Gasteiger partial charge in [0.25, 0.3) is 0 Å². The first-order valence-electron chi connectivity index (χ1n) is 3.82. The van der Waals surface area contributed by atoms with E-state index in [9.17, 15) is 5.11 Å². The maximum absolute atomic E-state index is 9.70. The monoisotopic (exact) mass is 212 g/mol. The fourth-order valence-corrected chi connectivity index (χ4v) is 2.28. The summed E-state index contributed by atoms with van der Waals surface area (Å²) in [5, 5.41) is 15.2. The minimum Gasteiger partial charge on any atom is -0.385 e. The molecule has 0 aromatic carbocycles. The molecular weight excluding hydrogens is 204 g/mol. The number of aromatic nitrogens is 2. The van der Waals surface area contributed by atoms with E-state index >= 15 is 0 Å². The highest BCUT2D eigenvalue weighted by Crippen LogP contribution is 2.20. The fraction of sp³-hybridized carbons (Fsp3) is 0.250. The van der Waals surface area contributed by atoms with Crippen LogP contribution in [0.2, 0.25) is 0 Å². The Kier molecular flexibility index (Phi) is 2.68. The van der Waals surface area contributed by atoms with Crippen molar-refractivity contribution in [2.45, 2.75) is 12.5 Å². The SMILES string of the molecule is OC(Cc1nccs1)c1nccs1. The largest absolute Gasteiger partial charge is 0.385 e. The molecule has 2 rings (SSSR count). The molecule has 5 heteroatoms. The predicted octanol–water partition coefficient (Wildman–Crippen LogP) is 1.88. The summed E-state index contributed by atoms with van der Waals surface area (Å²) in [7, 11) is 0. The fourth-order valence-electron chi connectivity index (χ4n) is 1.01. The molecule has 2 aromatic rings. The van der Waals surface area contributed by atoms with Gasteiger partial charge in [-0.25, -0.2) is 9.97 Å². The highest BCUT2D eigenvalue weighted by Gasteiger charge is 2.11. The van der Waals surface area contributed by atoms with Crippen molar-refractivity contribution in [2.75, 3.05) is 0 Å². The molecule has 1 atom stereocenters. The number of aliphatic hydroxyl groups excluding tert-OH is 1. The van der Waals surface area contributed by atoms with Crippen molar-refractivity contribution < 1.29 is 5.11 Å². The number of aliphatic hydroxyl groups is 1. The highest BCUT2D eigenvalue weighted by molar-refractivity contribution is 7.10. The van der Waals surface area contributed by atoms with Crippen LogP contribution in [0.15, 0.2) is 23.2 Å². The molecule has 0 aliphatic carbocycles. The van der Waals surface area contributed by atoms with Gasteiger partial charge in [-0.2, -0.15) is 0 Å². The molecule has 0 fully saturated rings. The molecule has 13 heavy (non-hydrogen) atoms. The Balaban J connectivity index is 2.04. The van der Waals surface area contributed by atoms with Gasteiger partial charge in [0.15, 0.2) is 0 Å². The zero-order valence-corrected chi connectivity index (χ0v) is 8.38. The molecule has 1 N–H and O–H groups in total. The minimum absolute atomic E-state index is 0.508. The van der Waals surface area contributed by atoms with Gasteiger partial charge in [0.05, 0.1) is 5.01 Å². The van der Waals surface area contributed by atoms with Crippen LogP contribution in [-0.4, -0.2) is 15.1 Å². The van der Waals surface area contributed by atoms with E-state index in [4.69, 9.17) is 0 Å². The maximum Gasteiger partial charge on any atom is 0.122 e. The Labute approximate surface area is 83.7 Å². The Morgan fingerprint density at radius 2 is 2.00 bits per heavy atom. The van der Waals surface area contributed by atoms with Gasteiger partial charge in [-0.3, -0.25) is 0 Å². The number of hydrogen-bond donors (Lipinski definition) is 1. The molecule has 0 radical (unpaired) electrons. The molecule has 0 saturated heterocycles. The second-order valence-corrected chi connectivity index (χ2v) is 4.42. The van der Waals surface area contributed by atoms with Gasteiger partial charge in [-0.05, 0) is 0 Å². The molecule has 0 saturated carbocycles. The lowest BCUT2D eigenvalue weighted by atomic mass is 10.3. The lowest BCUT2D eigenvalue weighted by molar-refractivity contribution is 0.178. The molecule has 2 heterocycles. The summed E-state index contributed by atoms with van der Waals surface area (Å²) in [5.41, 5.74) is 0. The second kappa shape index (κ2) is 3.95. The highest BCUT2D eigenvalue weighted by atomic mass is 32.1. The van der Waals surface area contributed by atoms with Crippen molar-refractivity contribution >= 4 is 22.7 Å². The van der Waals surface area contributed by atoms with Crippen molar-refractivity contribution in [2.24, 2.45) is 0 Å². The van der Waals surface area contributed by atoms with Gasteiger partial charge >= 0.3 is 0 Å². The minimum atomic E-state index is -0.508. The predicted molar refractivity (Wildman–Crippen MR) is 52.9 cm³/mol. The van der Waals surface area contributed by atoms with Gasteiger partial charge < -0.3 is 5.11 Å². The lowest BCUT2D eigenvalue weighted by Gasteiger charge is -2.03. The van der Waals surface area contributed by atoms with E-state index < -0.39 is 6.10 Å². The van der Waals surface area contributed by atoms with Crippen LogP contribution in [0.25, 0.3) is 0 Å². The van der Waals surface area contributed by atoms with Crippen LogP contribution in [0.3, 0.4) is 0 Å². The number of rotatable bonds is 3. The molecule has 0 amide bonds. The Bertz CT molecular complexity index is 344. The van der Waals surface area contributed by atoms with Crippen molar-refractivity contribution in [1.82, 2.24) is 9.97 Å². The summed E-state index contributed by atoms with van der Waals surface area (Å²) in [6.45, 7) is 0. The van der Waals surface area contributed by atoms with Crippen LogP contribution in [0.4, 0.5) is 0 Å². The zero-order chi connectivity index (χ0) is 9.10. The van der Waals surface area contributed by atoms with E-state index in [1.807, 2.05) is 10.8 Å². The molecule has 2 aromatic heterocycles. The first-order valence-corrected chi connectivity index (χ1v) is 5.58. The van der Waals surface area contributed by atoms with Crippen molar-refractivity contribution in [3.05, 3.63) is 33.2 Å². The molecule has 0 spiro atoms. The summed E-state index contributed by atoms with van der Waals surface area (Å²) in [6.07, 6.45) is 3.50. The lowest BCUT2D eigenvalue weighted by Crippen LogP contribution is -2.00. The maximum atomic E-state index is 9.70. The normalized spacial score (nSPS) is 13.0. The van der Waals surface area contributed by atoms with Gasteiger partial charge in [0.1, 0.15) is 11.1 Å². The summed E-state index contributed by atoms with van der Waals surface area (Å²) in [6, 6.07) is 0. The van der Waals surface area contributed by atoms with E-state index in [0.717, 1.165) is 10.0 Å². The third-order valence-corrected chi connectivity index (χ3v) is 3.27. The number of nitrogens with zero attached hydrogens (tertiary/aromatic N) is 2. The molecule has 0 aliphatic rings. The smallest absolute Gasteiger partial charge is 0.122 e. The number of hydrogen-bond acceptors (Lipinski definition) is 5. The first kappa shape index (κ1) is 8.80. The molecular formula is C8H8N2OS2. The van der Waals surface area contributed by atoms with Crippen molar-refractivity contribution in [3.63, 3.8) is 0 Å². The number of thiazole rings is 2. The van der Waals surface area contributed by atoms with E-state index in [1.165, 1.54) is 11.3 Å². The Hall–Kier alpha value is -0.780. The Morgan fingerprint density at radius 3 is 2.62 bits per heavy atom. The summed E-state index contributed by atoms with van der Waals surface area (Å²) < 4.78 is 0. The van der Waals surface area contributed by atoms with Crippen LogP contribution < -0.4 is 0 Å². The third-order valence-electron chi connectivity index (χ3n) is 1.59. The molecule has 0 aliphatic heterocycles. The average molecular weight is 212 g/mol. The standard InChI is InChI=1S/C8H8N2OS2/c11-6(8-10-2-4-13-8)5-7-9-1-3-12-7/h1-4,6,11H,5H2. The molecule has 1 unspecified atom stereocenters. The van der Waals surface area contributed by atoms with Crippen LogP contribution in [0.5, 0.6) is 0 Å². The van der Waals surface area contributed by atoms with E-state index in [2.05, 4.69) is 9.97 Å². The molecule has 68 valence electrons. The summed E-state index contributed by atoms with van der Waals surface area (Å²) in [5.74, 6) is 0. The zero-order valence-electron chi connectivity index (χ0n) is 6.75. The van der Waals surface area contributed by atoms with Crippen LogP contribution in [-0.2, 0) is 6.42 Å². The average Bonchev–Trinajstić information content (AvgIpc) is 2.74. The van der Waals surface area contributed by atoms with Gasteiger partial charge in [0, 0.05) is 29.6 Å². The molecule has 0 bridgehead atoms. The van der Waals surface area contributed by atoms with E-state index in [1.54, 1.807) is 23.7 Å². The van der Waals surface area contributed by atoms with Crippen LogP contribution >= 0.6 is 22.7 Å². The first-order chi connectivity index (χ1) is 6.36. The van der Waals surface area contributed by atoms with Crippen molar-refractivity contribution in [1.29, 1.82) is 0 Å². The van der Waals surface area contributed by atoms with Crippen molar-refractivity contribution in [3.8, 4) is 0 Å². The van der Waals surface area contributed by atoms with Crippen LogP contribution in [0, 0.1) is 0 Å². The van der Waals surface area contributed by atoms with Gasteiger partial charge in [-0.1, -0.05) is 0 Å². The van der Waals surface area contributed by atoms with Crippen LogP contribution in [0.1, 0.15) is 16.1 Å². The van der Waals surface area contributed by atoms with Gasteiger partial charge in [0.2, 0.25) is 0 Å². The topological polar surface area (TPSA) is 46.0 Å². The summed E-state index contributed by atoms with van der Waals surface area (Å²) in [4.78, 5) is 8.14. The Morgan fingerprint density at radius 1 is 1.23 bits per heavy atom. The summed E-state index contributed by atoms with van der Waals surface area (Å²) >= 11 is 3.02. The second-order valence-electron chi connectivity index (χ2n) is 2.52. The van der Waals surface area contributed by atoms with E-state index in [-0.39, 0.29) is 0 Å². The molecule has 3 nitrogen and oxygen atoms in total. The quantitative estimate of drug-likeness (QED) is 0.845. The van der Waals surface area contributed by atoms with E-state index in [0.29, 0.717) is 6.42 Å².